The zero-order valence-electron chi connectivity index (χ0n) is 10.4. The van der Waals surface area contributed by atoms with E-state index in [1.807, 2.05) is 29.2 Å². The highest BCUT2D eigenvalue weighted by Gasteiger charge is 2.25. The predicted molar refractivity (Wildman–Crippen MR) is 76.3 cm³/mol. The molecule has 1 saturated heterocycles. The van der Waals surface area contributed by atoms with E-state index in [9.17, 15) is 4.79 Å². The molecule has 0 aromatic heterocycles. The van der Waals surface area contributed by atoms with E-state index in [1.54, 1.807) is 0 Å². The van der Waals surface area contributed by atoms with Gasteiger partial charge in [0, 0.05) is 23.6 Å². The lowest BCUT2D eigenvalue weighted by molar-refractivity contribution is -0.133. The fraction of sp³-hybridized carbons (Fsp3) is 0.500. The molecule has 1 aromatic rings. The van der Waals surface area contributed by atoms with Crippen molar-refractivity contribution in [3.05, 3.63) is 34.3 Å². The molecule has 0 spiro atoms. The number of carbonyl (C=O) groups excluding carboxylic acids is 1. The summed E-state index contributed by atoms with van der Waals surface area (Å²) < 4.78 is 1.000. The minimum absolute atomic E-state index is 0.192. The number of halogens is 1. The first-order valence-corrected chi connectivity index (χ1v) is 7.24. The molecule has 1 amide bonds. The third kappa shape index (κ3) is 3.12. The van der Waals surface area contributed by atoms with E-state index in [0.717, 1.165) is 29.4 Å². The molecule has 2 rings (SSSR count). The Labute approximate surface area is 116 Å². The summed E-state index contributed by atoms with van der Waals surface area (Å²) in [7, 11) is 0. The van der Waals surface area contributed by atoms with E-state index in [2.05, 4.69) is 15.9 Å². The second-order valence-corrected chi connectivity index (χ2v) is 5.59. The number of nitrogens with zero attached hydrogens (tertiary/aromatic N) is 1. The largest absolute Gasteiger partial charge is 0.338 e. The van der Waals surface area contributed by atoms with Crippen LogP contribution >= 0.6 is 15.9 Å². The van der Waals surface area contributed by atoms with Gasteiger partial charge in [0.2, 0.25) is 5.91 Å². The molecule has 1 unspecified atom stereocenters. The maximum Gasteiger partial charge on any atom is 0.227 e. The number of amides is 1. The molecule has 1 aliphatic heterocycles. The van der Waals surface area contributed by atoms with E-state index in [1.165, 1.54) is 6.42 Å². The summed E-state index contributed by atoms with van der Waals surface area (Å²) in [5.74, 6) is 0.192. The number of piperidine rings is 1. The Kier molecular flexibility index (Phi) is 4.78. The van der Waals surface area contributed by atoms with Crippen molar-refractivity contribution in [2.45, 2.75) is 31.7 Å². The van der Waals surface area contributed by atoms with Crippen LogP contribution in [0.2, 0.25) is 0 Å². The molecular weight excluding hydrogens is 292 g/mol. The van der Waals surface area contributed by atoms with Gasteiger partial charge in [0.1, 0.15) is 0 Å². The average molecular weight is 311 g/mol. The van der Waals surface area contributed by atoms with Gasteiger partial charge in [-0.1, -0.05) is 34.1 Å². The second kappa shape index (κ2) is 6.34. The zero-order chi connectivity index (χ0) is 13.0. The van der Waals surface area contributed by atoms with Crippen molar-refractivity contribution in [1.82, 2.24) is 4.90 Å². The molecule has 0 bridgehead atoms. The monoisotopic (exact) mass is 310 g/mol. The minimum atomic E-state index is 0.192. The lowest BCUT2D eigenvalue weighted by Crippen LogP contribution is -2.48. The lowest BCUT2D eigenvalue weighted by Gasteiger charge is -2.35. The Morgan fingerprint density at radius 3 is 2.89 bits per heavy atom. The Morgan fingerprint density at radius 1 is 1.39 bits per heavy atom. The highest BCUT2D eigenvalue weighted by atomic mass is 79.9. The van der Waals surface area contributed by atoms with Gasteiger partial charge < -0.3 is 10.6 Å². The van der Waals surface area contributed by atoms with Crippen LogP contribution in [0.3, 0.4) is 0 Å². The summed E-state index contributed by atoms with van der Waals surface area (Å²) in [6, 6.07) is 8.11. The maximum absolute atomic E-state index is 12.3. The zero-order valence-corrected chi connectivity index (χ0v) is 12.0. The summed E-state index contributed by atoms with van der Waals surface area (Å²) in [4.78, 5) is 14.3. The first-order chi connectivity index (χ1) is 8.72. The SMILES string of the molecule is NCC1CCCCN1C(=O)Cc1ccccc1Br. The van der Waals surface area contributed by atoms with Crippen LogP contribution in [0.5, 0.6) is 0 Å². The minimum Gasteiger partial charge on any atom is -0.338 e. The number of nitrogens with two attached hydrogens (primary N) is 1. The van der Waals surface area contributed by atoms with Gasteiger partial charge in [-0.25, -0.2) is 0 Å². The summed E-state index contributed by atoms with van der Waals surface area (Å²) >= 11 is 3.49. The summed E-state index contributed by atoms with van der Waals surface area (Å²) in [5.41, 5.74) is 6.80. The lowest BCUT2D eigenvalue weighted by atomic mass is 10.0. The Morgan fingerprint density at radius 2 is 2.17 bits per heavy atom. The van der Waals surface area contributed by atoms with Gasteiger partial charge in [-0.3, -0.25) is 4.79 Å². The normalized spacial score (nSPS) is 19.9. The molecule has 3 nitrogen and oxygen atoms in total. The van der Waals surface area contributed by atoms with Gasteiger partial charge >= 0.3 is 0 Å². The van der Waals surface area contributed by atoms with Gasteiger partial charge in [-0.15, -0.1) is 0 Å². The van der Waals surface area contributed by atoms with Crippen LogP contribution in [0.4, 0.5) is 0 Å². The summed E-state index contributed by atoms with van der Waals surface area (Å²) in [6.07, 6.45) is 3.77. The van der Waals surface area contributed by atoms with E-state index in [4.69, 9.17) is 5.73 Å². The molecule has 0 aliphatic carbocycles. The second-order valence-electron chi connectivity index (χ2n) is 4.74. The number of carbonyl (C=O) groups is 1. The number of benzene rings is 1. The third-order valence-electron chi connectivity index (χ3n) is 3.52. The van der Waals surface area contributed by atoms with Crippen molar-refractivity contribution in [2.24, 2.45) is 5.73 Å². The van der Waals surface area contributed by atoms with Crippen LogP contribution in [-0.4, -0.2) is 29.9 Å². The van der Waals surface area contributed by atoms with Gasteiger partial charge in [0.25, 0.3) is 0 Å². The molecule has 1 atom stereocenters. The Balaban J connectivity index is 2.05. The smallest absolute Gasteiger partial charge is 0.227 e. The first-order valence-electron chi connectivity index (χ1n) is 6.45. The molecule has 0 radical (unpaired) electrons. The van der Waals surface area contributed by atoms with Crippen LogP contribution in [0.1, 0.15) is 24.8 Å². The molecule has 1 fully saturated rings. The highest BCUT2D eigenvalue weighted by Crippen LogP contribution is 2.20. The molecular formula is C14H19BrN2O. The fourth-order valence-corrected chi connectivity index (χ4v) is 2.91. The number of hydrogen-bond acceptors (Lipinski definition) is 2. The van der Waals surface area contributed by atoms with Crippen LogP contribution in [0.25, 0.3) is 0 Å². The van der Waals surface area contributed by atoms with Crippen molar-refractivity contribution < 1.29 is 4.79 Å². The Hall–Kier alpha value is -0.870. The summed E-state index contributed by atoms with van der Waals surface area (Å²) in [6.45, 7) is 1.42. The van der Waals surface area contributed by atoms with Gasteiger partial charge in [-0.2, -0.15) is 0 Å². The van der Waals surface area contributed by atoms with E-state index < -0.39 is 0 Å². The van der Waals surface area contributed by atoms with Crippen molar-refractivity contribution in [3.8, 4) is 0 Å². The number of hydrogen-bond donors (Lipinski definition) is 1. The van der Waals surface area contributed by atoms with Crippen LogP contribution < -0.4 is 5.73 Å². The van der Waals surface area contributed by atoms with Crippen LogP contribution in [-0.2, 0) is 11.2 Å². The van der Waals surface area contributed by atoms with Gasteiger partial charge in [0.05, 0.1) is 6.42 Å². The standard InChI is InChI=1S/C14H19BrN2O/c15-13-7-2-1-5-11(13)9-14(18)17-8-4-3-6-12(17)10-16/h1-2,5,7,12H,3-4,6,8-10,16H2. The van der Waals surface area contributed by atoms with Crippen molar-refractivity contribution >= 4 is 21.8 Å². The topological polar surface area (TPSA) is 46.3 Å². The van der Waals surface area contributed by atoms with Crippen molar-refractivity contribution in [3.63, 3.8) is 0 Å². The van der Waals surface area contributed by atoms with Gasteiger partial charge in [-0.05, 0) is 30.9 Å². The Bertz CT molecular complexity index is 422. The summed E-state index contributed by atoms with van der Waals surface area (Å²) in [5, 5.41) is 0. The maximum atomic E-state index is 12.3. The van der Waals surface area contributed by atoms with E-state index >= 15 is 0 Å². The molecule has 1 heterocycles. The number of likely N-dealkylation sites (tertiary alicyclic amines) is 1. The molecule has 18 heavy (non-hydrogen) atoms. The van der Waals surface area contributed by atoms with Crippen molar-refractivity contribution in [2.75, 3.05) is 13.1 Å². The van der Waals surface area contributed by atoms with Crippen LogP contribution in [0.15, 0.2) is 28.7 Å². The third-order valence-corrected chi connectivity index (χ3v) is 4.29. The molecule has 1 aromatic carbocycles. The average Bonchev–Trinajstić information content (AvgIpc) is 2.41. The fourth-order valence-electron chi connectivity index (χ4n) is 2.48. The van der Waals surface area contributed by atoms with Crippen LogP contribution in [0, 0.1) is 0 Å². The van der Waals surface area contributed by atoms with Crippen molar-refractivity contribution in [1.29, 1.82) is 0 Å². The molecule has 4 heteroatoms. The molecule has 98 valence electrons. The van der Waals surface area contributed by atoms with E-state index in [-0.39, 0.29) is 11.9 Å². The molecule has 1 aliphatic rings. The highest BCUT2D eigenvalue weighted by molar-refractivity contribution is 9.10. The first kappa shape index (κ1) is 13.6. The van der Waals surface area contributed by atoms with E-state index in [0.29, 0.717) is 13.0 Å². The molecule has 0 saturated carbocycles. The quantitative estimate of drug-likeness (QED) is 0.931. The number of rotatable bonds is 3. The predicted octanol–water partition coefficient (Wildman–Crippen LogP) is 2.33. The molecule has 2 N–H and O–H groups in total. The van der Waals surface area contributed by atoms with Gasteiger partial charge in [0.15, 0.2) is 0 Å².